The zero-order valence-electron chi connectivity index (χ0n) is 21.9. The van der Waals surface area contributed by atoms with Crippen molar-refractivity contribution >= 4 is 6.03 Å². The third-order valence-corrected chi connectivity index (χ3v) is 6.57. The number of hydrogen-bond acceptors (Lipinski definition) is 5. The Labute approximate surface area is 225 Å². The van der Waals surface area contributed by atoms with Crippen LogP contribution in [-0.4, -0.2) is 42.3 Å². The summed E-state index contributed by atoms with van der Waals surface area (Å²) in [6, 6.07) is 25.4. The summed E-state index contributed by atoms with van der Waals surface area (Å²) in [5, 5.41) is 15.2. The molecule has 38 heavy (non-hydrogen) atoms. The summed E-state index contributed by atoms with van der Waals surface area (Å²) in [6.07, 6.45) is 1.96. The molecule has 3 aromatic rings. The molecule has 1 aliphatic rings. The van der Waals surface area contributed by atoms with E-state index in [-0.39, 0.29) is 24.8 Å². The second-order valence-corrected chi connectivity index (χ2v) is 9.62. The van der Waals surface area contributed by atoms with Crippen LogP contribution >= 0.6 is 0 Å². The molecule has 4 rings (SSSR count). The molecule has 0 radical (unpaired) electrons. The standard InChI is InChI=1S/C31H37N3O4/c1-3-17-34(2)21-28-18-29(26-13-11-25(22-35)12-14-26)38-30(37-28)27-15-9-24(10-16-27)20-33-31(36)32-19-23-7-5-4-6-8-23/h3-16,28-30,35H,1,17-22H2,2H3,(H2,32,33,36)/t28-,29+,30+/m0/s1. The summed E-state index contributed by atoms with van der Waals surface area (Å²) in [4.78, 5) is 14.4. The Morgan fingerprint density at radius 1 is 0.921 bits per heavy atom. The van der Waals surface area contributed by atoms with Crippen LogP contribution in [0.3, 0.4) is 0 Å². The molecule has 0 bridgehead atoms. The molecule has 0 aromatic heterocycles. The summed E-state index contributed by atoms with van der Waals surface area (Å²) in [5.41, 5.74) is 4.90. The maximum Gasteiger partial charge on any atom is 0.315 e. The van der Waals surface area contributed by atoms with Crippen molar-refractivity contribution in [3.63, 3.8) is 0 Å². The van der Waals surface area contributed by atoms with Gasteiger partial charge >= 0.3 is 6.03 Å². The van der Waals surface area contributed by atoms with Gasteiger partial charge in [0.1, 0.15) is 0 Å². The molecule has 1 fully saturated rings. The van der Waals surface area contributed by atoms with Gasteiger partial charge < -0.3 is 30.1 Å². The van der Waals surface area contributed by atoms with Crippen molar-refractivity contribution in [1.29, 1.82) is 0 Å². The molecule has 1 aliphatic heterocycles. The van der Waals surface area contributed by atoms with Crippen molar-refractivity contribution < 1.29 is 19.4 Å². The number of benzene rings is 3. The van der Waals surface area contributed by atoms with Crippen LogP contribution in [0.25, 0.3) is 0 Å². The second-order valence-electron chi connectivity index (χ2n) is 9.62. The first-order valence-corrected chi connectivity index (χ1v) is 13.0. The SMILES string of the molecule is C=CCN(C)C[C@@H]1C[C@H](c2ccc(CO)cc2)O[C@H](c2ccc(CNC(=O)NCc3ccccc3)cc2)O1. The van der Waals surface area contributed by atoms with Gasteiger partial charge in [0.05, 0.1) is 18.8 Å². The predicted octanol–water partition coefficient (Wildman–Crippen LogP) is 4.84. The van der Waals surface area contributed by atoms with Gasteiger partial charge in [0.15, 0.2) is 6.29 Å². The van der Waals surface area contributed by atoms with Crippen molar-refractivity contribution in [1.82, 2.24) is 15.5 Å². The molecule has 1 heterocycles. The van der Waals surface area contributed by atoms with Crippen LogP contribution in [0.4, 0.5) is 4.79 Å². The van der Waals surface area contributed by atoms with Gasteiger partial charge in [0, 0.05) is 38.2 Å². The number of urea groups is 1. The first kappa shape index (κ1) is 27.5. The molecule has 3 aromatic carbocycles. The number of aliphatic hydroxyl groups is 1. The third-order valence-electron chi connectivity index (χ3n) is 6.57. The zero-order chi connectivity index (χ0) is 26.7. The Bertz CT molecular complexity index is 1150. The molecule has 1 saturated heterocycles. The number of amides is 2. The first-order chi connectivity index (χ1) is 18.5. The molecular formula is C31H37N3O4. The Morgan fingerprint density at radius 2 is 1.53 bits per heavy atom. The van der Waals surface area contributed by atoms with Gasteiger partial charge in [0.25, 0.3) is 0 Å². The number of carbonyl (C=O) groups is 1. The van der Waals surface area contributed by atoms with Gasteiger partial charge in [-0.15, -0.1) is 6.58 Å². The molecule has 3 N–H and O–H groups in total. The number of aliphatic hydroxyl groups excluding tert-OH is 1. The van der Waals surface area contributed by atoms with Crippen LogP contribution in [0.5, 0.6) is 0 Å². The van der Waals surface area contributed by atoms with Crippen molar-refractivity contribution in [3.05, 3.63) is 119 Å². The quantitative estimate of drug-likeness (QED) is 0.318. The maximum atomic E-state index is 12.2. The minimum absolute atomic E-state index is 0.0163. The molecule has 0 spiro atoms. The Kier molecular flexibility index (Phi) is 10.1. The second kappa shape index (κ2) is 13.9. The number of rotatable bonds is 11. The smallest absolute Gasteiger partial charge is 0.315 e. The Hall–Kier alpha value is -3.49. The summed E-state index contributed by atoms with van der Waals surface area (Å²) >= 11 is 0. The van der Waals surface area contributed by atoms with E-state index in [1.54, 1.807) is 0 Å². The number of nitrogens with one attached hydrogen (secondary N) is 2. The number of carbonyl (C=O) groups excluding carboxylic acids is 1. The van der Waals surface area contributed by atoms with E-state index in [0.29, 0.717) is 13.1 Å². The highest BCUT2D eigenvalue weighted by atomic mass is 16.7. The number of likely N-dealkylation sites (N-methyl/N-ethyl adjacent to an activating group) is 1. The molecule has 7 nitrogen and oxygen atoms in total. The number of ether oxygens (including phenoxy) is 2. The summed E-state index contributed by atoms with van der Waals surface area (Å²) in [7, 11) is 2.05. The Balaban J connectivity index is 1.37. The van der Waals surface area contributed by atoms with E-state index >= 15 is 0 Å². The van der Waals surface area contributed by atoms with Crippen molar-refractivity contribution in [2.75, 3.05) is 20.1 Å². The minimum Gasteiger partial charge on any atom is -0.392 e. The third kappa shape index (κ3) is 8.00. The van der Waals surface area contributed by atoms with Crippen LogP contribution in [0, 0.1) is 0 Å². The molecule has 2 amide bonds. The highest BCUT2D eigenvalue weighted by Gasteiger charge is 2.32. The minimum atomic E-state index is -0.510. The molecule has 0 saturated carbocycles. The number of nitrogens with zero attached hydrogens (tertiary/aromatic N) is 1. The van der Waals surface area contributed by atoms with Crippen molar-refractivity contribution in [2.24, 2.45) is 0 Å². The summed E-state index contributed by atoms with van der Waals surface area (Å²) in [5.74, 6) is 0. The van der Waals surface area contributed by atoms with Crippen molar-refractivity contribution in [2.45, 2.75) is 44.6 Å². The molecule has 3 atom stereocenters. The molecule has 200 valence electrons. The number of hydrogen-bond donors (Lipinski definition) is 3. The largest absolute Gasteiger partial charge is 0.392 e. The molecule has 0 aliphatic carbocycles. The molecule has 0 unspecified atom stereocenters. The van der Waals surface area contributed by atoms with Crippen LogP contribution in [0.2, 0.25) is 0 Å². The zero-order valence-corrected chi connectivity index (χ0v) is 21.9. The maximum absolute atomic E-state index is 12.2. The highest BCUT2D eigenvalue weighted by Crippen LogP contribution is 2.38. The van der Waals surface area contributed by atoms with Gasteiger partial charge in [-0.3, -0.25) is 0 Å². The van der Waals surface area contributed by atoms with Crippen LogP contribution < -0.4 is 10.6 Å². The lowest BCUT2D eigenvalue weighted by molar-refractivity contribution is -0.252. The monoisotopic (exact) mass is 515 g/mol. The van der Waals surface area contributed by atoms with Gasteiger partial charge in [-0.1, -0.05) is 84.9 Å². The van der Waals surface area contributed by atoms with E-state index in [4.69, 9.17) is 9.47 Å². The van der Waals surface area contributed by atoms with Gasteiger partial charge in [-0.25, -0.2) is 4.79 Å². The first-order valence-electron chi connectivity index (χ1n) is 13.0. The fraction of sp³-hybridized carbons (Fsp3) is 0.323. The lowest BCUT2D eigenvalue weighted by atomic mass is 9.99. The van der Waals surface area contributed by atoms with E-state index in [9.17, 15) is 9.90 Å². The van der Waals surface area contributed by atoms with E-state index in [1.807, 2.05) is 84.9 Å². The molecule has 7 heteroatoms. The summed E-state index contributed by atoms with van der Waals surface area (Å²) < 4.78 is 12.8. The fourth-order valence-electron chi connectivity index (χ4n) is 4.49. The van der Waals surface area contributed by atoms with Crippen LogP contribution in [0.15, 0.2) is 91.5 Å². The lowest BCUT2D eigenvalue weighted by Gasteiger charge is -2.37. The van der Waals surface area contributed by atoms with Gasteiger partial charge in [0.2, 0.25) is 0 Å². The highest BCUT2D eigenvalue weighted by molar-refractivity contribution is 5.73. The van der Waals surface area contributed by atoms with E-state index in [1.165, 1.54) is 0 Å². The summed E-state index contributed by atoms with van der Waals surface area (Å²) in [6.45, 7) is 6.29. The average molecular weight is 516 g/mol. The van der Waals surface area contributed by atoms with Gasteiger partial charge in [-0.2, -0.15) is 0 Å². The molecular weight excluding hydrogens is 478 g/mol. The normalized spacial score (nSPS) is 19.2. The topological polar surface area (TPSA) is 83.1 Å². The van der Waals surface area contributed by atoms with Crippen molar-refractivity contribution in [3.8, 4) is 0 Å². The Morgan fingerprint density at radius 3 is 2.16 bits per heavy atom. The van der Waals surface area contributed by atoms with Crippen LogP contribution in [0.1, 0.15) is 46.6 Å². The predicted molar refractivity (Wildman–Crippen MR) is 148 cm³/mol. The lowest BCUT2D eigenvalue weighted by Crippen LogP contribution is -2.37. The van der Waals surface area contributed by atoms with Crippen LogP contribution in [-0.2, 0) is 29.2 Å². The van der Waals surface area contributed by atoms with E-state index in [2.05, 4.69) is 29.2 Å². The van der Waals surface area contributed by atoms with E-state index in [0.717, 1.165) is 47.3 Å². The van der Waals surface area contributed by atoms with Gasteiger partial charge in [-0.05, 0) is 29.3 Å². The average Bonchev–Trinajstić information content (AvgIpc) is 2.96. The van der Waals surface area contributed by atoms with E-state index < -0.39 is 6.29 Å². The fourth-order valence-corrected chi connectivity index (χ4v) is 4.49.